The normalized spacial score (nSPS) is 21.9. The van der Waals surface area contributed by atoms with Crippen molar-refractivity contribution in [2.75, 3.05) is 13.1 Å². The molecule has 6 heteroatoms. The Balaban J connectivity index is 2.17. The molecule has 0 amide bonds. The second-order valence-electron chi connectivity index (χ2n) is 5.01. The van der Waals surface area contributed by atoms with Gasteiger partial charge in [-0.25, -0.2) is 8.42 Å². The van der Waals surface area contributed by atoms with Gasteiger partial charge in [0.05, 0.1) is 5.88 Å². The van der Waals surface area contributed by atoms with E-state index in [4.69, 9.17) is 16.0 Å². The Hall–Kier alpha value is -0.520. The molecule has 0 aromatic carbocycles. The van der Waals surface area contributed by atoms with Gasteiger partial charge in [-0.05, 0) is 30.4 Å². The Morgan fingerprint density at radius 2 is 2.22 bits per heavy atom. The molecule has 0 spiro atoms. The molecule has 0 saturated carbocycles. The van der Waals surface area contributed by atoms with Crippen molar-refractivity contribution in [3.8, 4) is 0 Å². The summed E-state index contributed by atoms with van der Waals surface area (Å²) in [6, 6.07) is 3.09. The molecule has 1 aliphatic rings. The highest BCUT2D eigenvalue weighted by Gasteiger charge is 2.35. The van der Waals surface area contributed by atoms with Crippen molar-refractivity contribution in [1.82, 2.24) is 4.31 Å². The topological polar surface area (TPSA) is 50.5 Å². The van der Waals surface area contributed by atoms with Crippen LogP contribution in [0.15, 0.2) is 21.6 Å². The Labute approximate surface area is 113 Å². The van der Waals surface area contributed by atoms with Crippen molar-refractivity contribution in [2.24, 2.45) is 11.8 Å². The molecule has 1 atom stereocenters. The standard InChI is InChI=1S/C12H18ClNO3S/c1-9(2)10-5-6-14(8-10)18(15,16)12-4-3-11(7-13)17-12/h3-4,9-10H,5-8H2,1-2H3. The van der Waals surface area contributed by atoms with Gasteiger partial charge < -0.3 is 4.42 Å². The zero-order valence-electron chi connectivity index (χ0n) is 10.6. The fourth-order valence-electron chi connectivity index (χ4n) is 2.21. The van der Waals surface area contributed by atoms with E-state index in [9.17, 15) is 8.42 Å². The van der Waals surface area contributed by atoms with Crippen molar-refractivity contribution in [3.05, 3.63) is 17.9 Å². The minimum atomic E-state index is -3.49. The van der Waals surface area contributed by atoms with Gasteiger partial charge in [0, 0.05) is 13.1 Å². The summed E-state index contributed by atoms with van der Waals surface area (Å²) in [4.78, 5) is 0. The third kappa shape index (κ3) is 2.58. The molecule has 0 bridgehead atoms. The summed E-state index contributed by atoms with van der Waals surface area (Å²) in [6.07, 6.45) is 0.917. The first-order valence-corrected chi connectivity index (χ1v) is 8.07. The lowest BCUT2D eigenvalue weighted by molar-refractivity contribution is 0.371. The van der Waals surface area contributed by atoms with Crippen molar-refractivity contribution < 1.29 is 12.8 Å². The van der Waals surface area contributed by atoms with Crippen LogP contribution < -0.4 is 0 Å². The van der Waals surface area contributed by atoms with E-state index < -0.39 is 10.0 Å². The van der Waals surface area contributed by atoms with E-state index in [1.54, 1.807) is 6.07 Å². The van der Waals surface area contributed by atoms with Gasteiger partial charge in [-0.1, -0.05) is 13.8 Å². The first-order chi connectivity index (χ1) is 8.45. The molecule has 102 valence electrons. The molecule has 1 aliphatic heterocycles. The van der Waals surface area contributed by atoms with E-state index in [1.165, 1.54) is 10.4 Å². The molecule has 0 radical (unpaired) electrons. The van der Waals surface area contributed by atoms with Crippen LogP contribution in [0.1, 0.15) is 26.0 Å². The number of nitrogens with zero attached hydrogens (tertiary/aromatic N) is 1. The fraction of sp³-hybridized carbons (Fsp3) is 0.667. The van der Waals surface area contributed by atoms with Crippen LogP contribution in [0.2, 0.25) is 0 Å². The predicted molar refractivity (Wildman–Crippen MR) is 70.0 cm³/mol. The van der Waals surface area contributed by atoms with E-state index in [2.05, 4.69) is 13.8 Å². The highest BCUT2D eigenvalue weighted by Crippen LogP contribution is 2.29. The Bertz CT molecular complexity index is 509. The van der Waals surface area contributed by atoms with Gasteiger partial charge in [-0.2, -0.15) is 4.31 Å². The summed E-state index contributed by atoms with van der Waals surface area (Å²) in [6.45, 7) is 5.40. The molecule has 0 N–H and O–H groups in total. The Morgan fingerprint density at radius 3 is 2.72 bits per heavy atom. The number of rotatable bonds is 4. The van der Waals surface area contributed by atoms with Crippen molar-refractivity contribution in [2.45, 2.75) is 31.2 Å². The molecule has 1 unspecified atom stereocenters. The number of alkyl halides is 1. The summed E-state index contributed by atoms with van der Waals surface area (Å²) in [7, 11) is -3.49. The maximum Gasteiger partial charge on any atom is 0.276 e. The van der Waals surface area contributed by atoms with Crippen LogP contribution in [0, 0.1) is 11.8 Å². The molecule has 1 aromatic rings. The summed E-state index contributed by atoms with van der Waals surface area (Å²) in [5, 5.41) is 0.00237. The number of hydrogen-bond donors (Lipinski definition) is 0. The lowest BCUT2D eigenvalue weighted by Gasteiger charge is -2.16. The highest BCUT2D eigenvalue weighted by molar-refractivity contribution is 7.89. The van der Waals surface area contributed by atoms with Crippen molar-refractivity contribution >= 4 is 21.6 Å². The molecule has 2 rings (SSSR count). The number of sulfonamides is 1. The van der Waals surface area contributed by atoms with E-state index in [1.807, 2.05) is 0 Å². The molecule has 1 fully saturated rings. The van der Waals surface area contributed by atoms with Crippen LogP contribution >= 0.6 is 11.6 Å². The number of halogens is 1. The summed E-state index contributed by atoms with van der Waals surface area (Å²) in [5.41, 5.74) is 0. The third-order valence-electron chi connectivity index (χ3n) is 3.49. The van der Waals surface area contributed by atoms with Gasteiger partial charge in [0.2, 0.25) is 5.09 Å². The van der Waals surface area contributed by atoms with Crippen LogP contribution in [0.4, 0.5) is 0 Å². The molecular formula is C12H18ClNO3S. The first-order valence-electron chi connectivity index (χ1n) is 6.10. The summed E-state index contributed by atoms with van der Waals surface area (Å²) in [5.74, 6) is 1.60. The maximum atomic E-state index is 12.3. The summed E-state index contributed by atoms with van der Waals surface area (Å²) < 4.78 is 31.4. The van der Waals surface area contributed by atoms with Crippen LogP contribution in [-0.4, -0.2) is 25.8 Å². The van der Waals surface area contributed by atoms with Gasteiger partial charge in [0.15, 0.2) is 0 Å². The largest absolute Gasteiger partial charge is 0.447 e. The molecular weight excluding hydrogens is 274 g/mol. The van der Waals surface area contributed by atoms with E-state index in [-0.39, 0.29) is 11.0 Å². The van der Waals surface area contributed by atoms with Crippen molar-refractivity contribution in [3.63, 3.8) is 0 Å². The first kappa shape index (κ1) is 13.9. The quantitative estimate of drug-likeness (QED) is 0.802. The molecule has 4 nitrogen and oxygen atoms in total. The SMILES string of the molecule is CC(C)C1CCN(S(=O)(=O)c2ccc(CCl)o2)C1. The molecule has 1 aromatic heterocycles. The zero-order chi connectivity index (χ0) is 13.3. The minimum Gasteiger partial charge on any atom is -0.447 e. The molecule has 0 aliphatic carbocycles. The van der Waals surface area contributed by atoms with Gasteiger partial charge in [-0.15, -0.1) is 11.6 Å². The number of hydrogen-bond acceptors (Lipinski definition) is 3. The Morgan fingerprint density at radius 1 is 1.50 bits per heavy atom. The predicted octanol–water partition coefficient (Wildman–Crippen LogP) is 2.69. The zero-order valence-corrected chi connectivity index (χ0v) is 12.2. The summed E-state index contributed by atoms with van der Waals surface area (Å²) >= 11 is 5.61. The minimum absolute atomic E-state index is 0.00237. The van der Waals surface area contributed by atoms with E-state index in [0.29, 0.717) is 30.7 Å². The maximum absolute atomic E-state index is 12.3. The third-order valence-corrected chi connectivity index (χ3v) is 5.50. The Kier molecular flexibility index (Phi) is 4.04. The second-order valence-corrected chi connectivity index (χ2v) is 7.15. The van der Waals surface area contributed by atoms with Crippen LogP contribution in [0.25, 0.3) is 0 Å². The van der Waals surface area contributed by atoms with Crippen LogP contribution in [-0.2, 0) is 15.9 Å². The van der Waals surface area contributed by atoms with Crippen molar-refractivity contribution in [1.29, 1.82) is 0 Å². The van der Waals surface area contributed by atoms with Gasteiger partial charge >= 0.3 is 0 Å². The van der Waals surface area contributed by atoms with E-state index in [0.717, 1.165) is 6.42 Å². The average molecular weight is 292 g/mol. The van der Waals surface area contributed by atoms with Crippen LogP contribution in [0.5, 0.6) is 0 Å². The lowest BCUT2D eigenvalue weighted by Crippen LogP contribution is -2.29. The molecule has 18 heavy (non-hydrogen) atoms. The van der Waals surface area contributed by atoms with Gasteiger partial charge in [-0.3, -0.25) is 0 Å². The molecule has 2 heterocycles. The lowest BCUT2D eigenvalue weighted by atomic mass is 9.96. The number of furan rings is 1. The van der Waals surface area contributed by atoms with Gasteiger partial charge in [0.25, 0.3) is 10.0 Å². The van der Waals surface area contributed by atoms with Gasteiger partial charge in [0.1, 0.15) is 5.76 Å². The average Bonchev–Trinajstić information content (AvgIpc) is 2.98. The fourth-order valence-corrected chi connectivity index (χ4v) is 3.80. The highest BCUT2D eigenvalue weighted by atomic mass is 35.5. The molecule has 1 saturated heterocycles. The monoisotopic (exact) mass is 291 g/mol. The smallest absolute Gasteiger partial charge is 0.276 e. The van der Waals surface area contributed by atoms with E-state index >= 15 is 0 Å². The van der Waals surface area contributed by atoms with Crippen LogP contribution in [0.3, 0.4) is 0 Å². The second kappa shape index (κ2) is 5.23.